The Balaban J connectivity index is 0.000000244. The van der Waals surface area contributed by atoms with E-state index in [4.69, 9.17) is 9.49 Å². The molecule has 7 rings (SSSR count). The highest BCUT2D eigenvalue weighted by Gasteiger charge is 2.66. The molecule has 12 unspecified atom stereocenters. The van der Waals surface area contributed by atoms with Crippen molar-refractivity contribution in [2.45, 2.75) is 108 Å². The van der Waals surface area contributed by atoms with Crippen molar-refractivity contribution in [2.75, 3.05) is 5.75 Å². The van der Waals surface area contributed by atoms with Crippen molar-refractivity contribution >= 4 is 85.2 Å². The Hall–Kier alpha value is -5.06. The van der Waals surface area contributed by atoms with E-state index in [1.807, 2.05) is 13.8 Å². The van der Waals surface area contributed by atoms with Crippen molar-refractivity contribution < 1.29 is 101 Å². The minimum Gasteiger partial charge on any atom is -0.393 e. The number of nitrogens with one attached hydrogen (secondary N) is 1. The standard InChI is InChI=1S/C16H23NO6S.C7H8F3NO5S.C6H9NO3.C6H9NO2.C6H8O3/c1-9-10(2)14(20)17(13(9)19)23-24(21,22)8-16-6-5-11(7-12(16)18)15(16,3)4;1-3-4(2)6(13)11(5(3)12)16-17(14,15)7(8,9)10;1-3-4(2)6(9)7(10)5(3)8;1-3-4(2)6(9)7-5(3)8;1-3-4(2)6(8)9-5(3)7/h9-11H,5-8H2,1-4H3;3-4H,1-2H3;3-4,10H,1-2H3;3-4H,1-2H3,(H,7,8,9);3-4H,1-2H3. The van der Waals surface area contributed by atoms with Gasteiger partial charge in [0.25, 0.3) is 45.6 Å². The third-order valence-electron chi connectivity index (χ3n) is 14.5. The number of amides is 8. The van der Waals surface area contributed by atoms with Crippen LogP contribution in [0.15, 0.2) is 0 Å². The van der Waals surface area contributed by atoms with Crippen LogP contribution in [0.25, 0.3) is 0 Å². The number of alkyl halides is 3. The van der Waals surface area contributed by atoms with Crippen LogP contribution in [0.3, 0.4) is 0 Å². The molecule has 28 heteroatoms. The average Bonchev–Trinajstić information content (AvgIpc) is 3.94. The first kappa shape index (κ1) is 58.3. The number of carbonyl (C=O) groups is 11. The Morgan fingerprint density at radius 1 is 0.594 bits per heavy atom. The minimum absolute atomic E-state index is 0.0586. The lowest BCUT2D eigenvalue weighted by Crippen LogP contribution is -2.44. The van der Waals surface area contributed by atoms with Gasteiger partial charge in [-0.15, -0.1) is 18.7 Å². The molecule has 0 radical (unpaired) electrons. The van der Waals surface area contributed by atoms with Crippen LogP contribution in [-0.2, 0) is 86.3 Å². The van der Waals surface area contributed by atoms with Gasteiger partial charge in [0, 0.05) is 53.8 Å². The molecule has 8 amide bonds. The SMILES string of the molecule is CC1C(=O)N(O)C(=O)C1C.CC1C(=O)N(OS(=O)(=O)C(F)(F)F)C(=O)C1C.CC1C(=O)N(OS(=O)(=O)CC23CCC(CC2=O)C3(C)C)C(=O)C1C.CC1C(=O)NC(=O)C1C.CC1C(=O)OC(=O)C1C. The highest BCUT2D eigenvalue weighted by atomic mass is 32.2. The molecule has 5 heterocycles. The molecule has 7 fully saturated rings. The number of halogens is 3. The van der Waals surface area contributed by atoms with Gasteiger partial charge in [0.1, 0.15) is 5.78 Å². The Labute approximate surface area is 395 Å². The fourth-order valence-corrected chi connectivity index (χ4v) is 10.2. The van der Waals surface area contributed by atoms with E-state index in [2.05, 4.69) is 14.3 Å². The summed E-state index contributed by atoms with van der Waals surface area (Å²) in [5.74, 6) is -10.6. The molecule has 12 atom stereocenters. The Kier molecular flexibility index (Phi) is 17.5. The fourth-order valence-electron chi connectivity index (χ4n) is 8.07. The van der Waals surface area contributed by atoms with Crippen LogP contribution >= 0.6 is 0 Å². The number of esters is 2. The number of cyclic esters (lactones) is 2. The summed E-state index contributed by atoms with van der Waals surface area (Å²) < 4.78 is 94.9. The predicted octanol–water partition coefficient (Wildman–Crippen LogP) is 1.97. The maximum atomic E-state index is 12.5. The molecule has 5 aliphatic heterocycles. The molecule has 2 N–H and O–H groups in total. The number of hydroxylamine groups is 6. The number of fused-ring (bicyclic) bond motifs is 2. The maximum Gasteiger partial charge on any atom is 0.525 e. The van der Waals surface area contributed by atoms with Crippen LogP contribution in [0.5, 0.6) is 0 Å². The number of nitrogens with zero attached hydrogens (tertiary/aromatic N) is 3. The summed E-state index contributed by atoms with van der Waals surface area (Å²) in [5.41, 5.74) is -7.11. The van der Waals surface area contributed by atoms with Gasteiger partial charge in [0.05, 0.1) is 23.0 Å². The summed E-state index contributed by atoms with van der Waals surface area (Å²) in [6.07, 6.45) is 1.70. The molecule has 2 bridgehead atoms. The Morgan fingerprint density at radius 3 is 1.17 bits per heavy atom. The summed E-state index contributed by atoms with van der Waals surface area (Å²) in [6.45, 7) is 19.7. The van der Waals surface area contributed by atoms with Crippen LogP contribution in [0.4, 0.5) is 13.2 Å². The lowest BCUT2D eigenvalue weighted by molar-refractivity contribution is -0.173. The summed E-state index contributed by atoms with van der Waals surface area (Å²) >= 11 is 0. The molecule has 23 nitrogen and oxygen atoms in total. The Bertz CT molecular complexity index is 2280. The van der Waals surface area contributed by atoms with Gasteiger partial charge in [-0.1, -0.05) is 83.1 Å². The van der Waals surface area contributed by atoms with Crippen LogP contribution in [0.2, 0.25) is 0 Å². The summed E-state index contributed by atoms with van der Waals surface area (Å²) in [6, 6.07) is 0. The highest BCUT2D eigenvalue weighted by molar-refractivity contribution is 7.87. The van der Waals surface area contributed by atoms with Crippen LogP contribution in [0.1, 0.15) is 102 Å². The third-order valence-corrected chi connectivity index (χ3v) is 16.7. The first-order valence-corrected chi connectivity index (χ1v) is 24.6. The van der Waals surface area contributed by atoms with Crippen molar-refractivity contribution in [1.29, 1.82) is 0 Å². The smallest absolute Gasteiger partial charge is 0.393 e. The van der Waals surface area contributed by atoms with Crippen molar-refractivity contribution in [2.24, 2.45) is 75.9 Å². The monoisotopic (exact) mass is 1030 g/mol. The van der Waals surface area contributed by atoms with Crippen molar-refractivity contribution in [3.8, 4) is 0 Å². The molecule has 0 aromatic carbocycles. The van der Waals surface area contributed by atoms with Crippen LogP contribution in [0, 0.1) is 75.9 Å². The highest BCUT2D eigenvalue weighted by Crippen LogP contribution is 2.64. The quantitative estimate of drug-likeness (QED) is 0.126. The van der Waals surface area contributed by atoms with Crippen molar-refractivity contribution in [3.63, 3.8) is 0 Å². The van der Waals surface area contributed by atoms with E-state index < -0.39 is 113 Å². The zero-order valence-corrected chi connectivity index (χ0v) is 41.4. The lowest BCUT2D eigenvalue weighted by atomic mass is 9.70. The molecule has 5 saturated heterocycles. The lowest BCUT2D eigenvalue weighted by Gasteiger charge is -2.35. The number of carbonyl (C=O) groups excluding carboxylic acids is 11. The number of Topliss-reactive ketones (excluding diaryl/α,β-unsaturated/α-hetero) is 1. The second-order valence-corrected chi connectivity index (χ2v) is 21.9. The molecule has 2 saturated carbocycles. The van der Waals surface area contributed by atoms with E-state index in [9.17, 15) is 82.7 Å². The maximum absolute atomic E-state index is 12.5. The number of imide groups is 4. The number of rotatable bonds is 6. The van der Waals surface area contributed by atoms with Crippen molar-refractivity contribution in [1.82, 2.24) is 20.5 Å². The molecule has 7 aliphatic rings. The van der Waals surface area contributed by atoms with E-state index in [0.29, 0.717) is 17.9 Å². The first-order chi connectivity index (χ1) is 31.2. The van der Waals surface area contributed by atoms with E-state index in [-0.39, 0.29) is 69.1 Å². The largest absolute Gasteiger partial charge is 0.525 e. The third kappa shape index (κ3) is 11.4. The second-order valence-electron chi connectivity index (χ2n) is 18.8. The van der Waals surface area contributed by atoms with E-state index >= 15 is 0 Å². The van der Waals surface area contributed by atoms with Gasteiger partial charge < -0.3 is 4.74 Å². The van der Waals surface area contributed by atoms with E-state index in [1.54, 1.807) is 55.4 Å². The molecule has 69 heavy (non-hydrogen) atoms. The average molecular weight is 1030 g/mol. The van der Waals surface area contributed by atoms with Gasteiger partial charge in [0.15, 0.2) is 0 Å². The molecular weight excluding hydrogens is 974 g/mol. The molecule has 0 aromatic heterocycles. The van der Waals surface area contributed by atoms with Crippen LogP contribution in [-0.4, -0.2) is 113 Å². The summed E-state index contributed by atoms with van der Waals surface area (Å²) in [5, 5.41) is 11.2. The zero-order valence-electron chi connectivity index (χ0n) is 39.8. The number of hydrogen-bond donors (Lipinski definition) is 2. The van der Waals surface area contributed by atoms with Gasteiger partial charge >= 0.3 is 27.6 Å². The van der Waals surface area contributed by atoms with Gasteiger partial charge in [0.2, 0.25) is 11.8 Å². The molecule has 2 aliphatic carbocycles. The normalized spacial score (nSPS) is 33.9. The summed E-state index contributed by atoms with van der Waals surface area (Å²) in [4.78, 5) is 123. The minimum atomic E-state index is -6.01. The molecule has 0 aromatic rings. The molecule has 388 valence electrons. The first-order valence-electron chi connectivity index (χ1n) is 21.6. The Morgan fingerprint density at radius 2 is 0.942 bits per heavy atom. The zero-order chi connectivity index (χ0) is 53.6. The fraction of sp³-hybridized carbons (Fsp3) is 0.732. The summed E-state index contributed by atoms with van der Waals surface area (Å²) in [7, 11) is -10.3. The van der Waals surface area contributed by atoms with Gasteiger partial charge in [-0.05, 0) is 24.2 Å². The van der Waals surface area contributed by atoms with Crippen LogP contribution < -0.4 is 5.32 Å². The van der Waals surface area contributed by atoms with Gasteiger partial charge in [-0.2, -0.15) is 35.1 Å². The van der Waals surface area contributed by atoms with Gasteiger partial charge in [-0.3, -0.25) is 63.3 Å². The van der Waals surface area contributed by atoms with Crippen molar-refractivity contribution in [3.05, 3.63) is 0 Å². The van der Waals surface area contributed by atoms with E-state index in [0.717, 1.165) is 6.42 Å². The number of hydrogen-bond acceptors (Lipinski definition) is 19. The van der Waals surface area contributed by atoms with Gasteiger partial charge in [-0.25, -0.2) is 0 Å². The second kappa shape index (κ2) is 20.7. The molecular formula is C41H57F3N4O19S2. The number of ether oxygens (including phenoxy) is 1. The number of ketones is 1. The topological polar surface area (TPSA) is 326 Å². The van der Waals surface area contributed by atoms with E-state index in [1.165, 1.54) is 13.8 Å². The molecule has 0 spiro atoms. The predicted molar refractivity (Wildman–Crippen MR) is 223 cm³/mol.